The third kappa shape index (κ3) is 8.13. The van der Waals surface area contributed by atoms with Crippen molar-refractivity contribution < 1.29 is 33.5 Å². The van der Waals surface area contributed by atoms with Gasteiger partial charge in [0.1, 0.15) is 30.8 Å². The summed E-state index contributed by atoms with van der Waals surface area (Å²) >= 11 is 0. The van der Waals surface area contributed by atoms with Gasteiger partial charge < -0.3 is 31.3 Å². The van der Waals surface area contributed by atoms with Crippen molar-refractivity contribution in [1.29, 1.82) is 0 Å². The van der Waals surface area contributed by atoms with Gasteiger partial charge in [-0.15, -0.1) is 0 Å². The normalized spacial score (nSPS) is 23.4. The molecule has 4 rings (SSSR count). The van der Waals surface area contributed by atoms with Crippen molar-refractivity contribution in [1.82, 2.24) is 20.9 Å². The number of amides is 5. The molecule has 5 amide bonds. The molecule has 47 heavy (non-hydrogen) atoms. The Balaban J connectivity index is 1.49. The Morgan fingerprint density at radius 1 is 1.00 bits per heavy atom. The zero-order valence-corrected chi connectivity index (χ0v) is 28.6. The lowest BCUT2D eigenvalue weighted by Gasteiger charge is -2.39. The average molecular weight is 654 g/mol. The predicted molar refractivity (Wildman–Crippen MR) is 174 cm³/mol. The molecule has 5 N–H and O–H groups in total. The van der Waals surface area contributed by atoms with Crippen LogP contribution < -0.4 is 21.7 Å². The third-order valence-electron chi connectivity index (χ3n) is 10.1. The summed E-state index contributed by atoms with van der Waals surface area (Å²) in [6, 6.07) is 4.61. The van der Waals surface area contributed by atoms with Crippen LogP contribution in [0.1, 0.15) is 79.7 Å². The number of Topliss-reactive ketones (excluding diaryl/α,β-unsaturated/α-hetero) is 1. The molecule has 258 valence electrons. The van der Waals surface area contributed by atoms with Crippen LogP contribution in [0, 0.1) is 34.5 Å². The number of fused-ring (bicyclic) bond motifs is 1. The Kier molecular flexibility index (Phi) is 10.7. The van der Waals surface area contributed by atoms with E-state index in [-0.39, 0.29) is 35.7 Å². The average Bonchev–Trinajstić information content (AvgIpc) is 3.27. The van der Waals surface area contributed by atoms with E-state index >= 15 is 0 Å². The standard InChI is InChI=1S/C35H51N5O7/c1-19(2)16-23(32(45)47-18-20-12-9-8-10-13-20)37-33(46)39-28(34(3,4)5)31(44)40-17-22-24(35(22,6)7)26(40)30(43)38-25(21-14-11-15-21)27(41)29(36)42/h8-10,12-13,19,21-26,28H,11,14-18H2,1-7H3,(H2,36,42)(H,38,43)(H2,37,39,46)/t22-,23-,24-,25?,26-,28+/m0/s1. The molecule has 3 fully saturated rings. The van der Waals surface area contributed by atoms with Gasteiger partial charge in [0, 0.05) is 6.54 Å². The van der Waals surface area contributed by atoms with Gasteiger partial charge in [-0.25, -0.2) is 9.59 Å². The van der Waals surface area contributed by atoms with Crippen LogP contribution in [-0.2, 0) is 35.3 Å². The van der Waals surface area contributed by atoms with E-state index in [1.165, 1.54) is 4.90 Å². The minimum absolute atomic E-state index is 0.0560. The van der Waals surface area contributed by atoms with Gasteiger partial charge in [-0.2, -0.15) is 0 Å². The van der Waals surface area contributed by atoms with Crippen LogP contribution in [0.4, 0.5) is 4.79 Å². The summed E-state index contributed by atoms with van der Waals surface area (Å²) in [7, 11) is 0. The summed E-state index contributed by atoms with van der Waals surface area (Å²) < 4.78 is 5.51. The molecule has 1 aromatic rings. The Bertz CT molecular complexity index is 1370. The van der Waals surface area contributed by atoms with Crippen molar-refractivity contribution >= 4 is 35.5 Å². The number of carbonyl (C=O) groups excluding carboxylic acids is 6. The summed E-state index contributed by atoms with van der Waals surface area (Å²) in [6.45, 7) is 13.7. The number of primary amides is 1. The van der Waals surface area contributed by atoms with Gasteiger partial charge in [-0.05, 0) is 59.3 Å². The first-order chi connectivity index (χ1) is 21.9. The summed E-state index contributed by atoms with van der Waals surface area (Å²) in [5.74, 6) is -3.68. The van der Waals surface area contributed by atoms with Crippen LogP contribution in [0.5, 0.6) is 0 Å². The summed E-state index contributed by atoms with van der Waals surface area (Å²) in [6.07, 6.45) is 2.60. The number of nitrogens with two attached hydrogens (primary N) is 1. The van der Waals surface area contributed by atoms with Crippen molar-refractivity contribution in [2.75, 3.05) is 6.54 Å². The van der Waals surface area contributed by atoms with Gasteiger partial charge >= 0.3 is 12.0 Å². The first-order valence-corrected chi connectivity index (χ1v) is 16.7. The maximum Gasteiger partial charge on any atom is 0.329 e. The molecule has 1 aliphatic heterocycles. The Morgan fingerprint density at radius 3 is 2.17 bits per heavy atom. The number of benzene rings is 1. The number of urea groups is 1. The molecule has 12 nitrogen and oxygen atoms in total. The summed E-state index contributed by atoms with van der Waals surface area (Å²) in [4.78, 5) is 80.6. The molecule has 12 heteroatoms. The van der Waals surface area contributed by atoms with Crippen LogP contribution in [-0.4, -0.2) is 71.1 Å². The Hall–Kier alpha value is -3.96. The highest BCUT2D eigenvalue weighted by molar-refractivity contribution is 6.38. The number of hydrogen-bond acceptors (Lipinski definition) is 7. The van der Waals surface area contributed by atoms with Crippen molar-refractivity contribution in [3.8, 4) is 0 Å². The third-order valence-corrected chi connectivity index (χ3v) is 10.1. The predicted octanol–water partition coefficient (Wildman–Crippen LogP) is 2.68. The topological polar surface area (TPSA) is 177 Å². The zero-order chi connectivity index (χ0) is 34.8. The molecule has 6 atom stereocenters. The molecular formula is C35H51N5O7. The van der Waals surface area contributed by atoms with Crippen LogP contribution in [0.2, 0.25) is 0 Å². The number of rotatable bonds is 13. The number of carbonyl (C=O) groups is 6. The molecule has 1 heterocycles. The van der Waals surface area contributed by atoms with Gasteiger partial charge in [0.25, 0.3) is 5.91 Å². The molecule has 0 aromatic heterocycles. The highest BCUT2D eigenvalue weighted by Crippen LogP contribution is 2.65. The number of nitrogens with one attached hydrogen (secondary N) is 3. The second-order valence-electron chi connectivity index (χ2n) is 15.5. The molecular weight excluding hydrogens is 602 g/mol. The zero-order valence-electron chi connectivity index (χ0n) is 28.6. The lowest BCUT2D eigenvalue weighted by molar-refractivity contribution is -0.147. The molecule has 1 saturated heterocycles. The number of nitrogens with zero attached hydrogens (tertiary/aromatic N) is 1. The molecule has 1 aromatic carbocycles. The maximum absolute atomic E-state index is 14.3. The molecule has 3 aliphatic rings. The second kappa shape index (κ2) is 14.0. The van der Waals surface area contributed by atoms with E-state index in [4.69, 9.17) is 10.5 Å². The van der Waals surface area contributed by atoms with E-state index in [9.17, 15) is 28.8 Å². The quantitative estimate of drug-likeness (QED) is 0.187. The van der Waals surface area contributed by atoms with Crippen molar-refractivity contribution in [3.05, 3.63) is 35.9 Å². The van der Waals surface area contributed by atoms with Crippen molar-refractivity contribution in [3.63, 3.8) is 0 Å². The number of esters is 1. The maximum atomic E-state index is 14.3. The highest BCUT2D eigenvalue weighted by Gasteiger charge is 2.70. The minimum Gasteiger partial charge on any atom is -0.459 e. The first kappa shape index (κ1) is 35.9. The fraction of sp³-hybridized carbons (Fsp3) is 0.657. The monoisotopic (exact) mass is 653 g/mol. The first-order valence-electron chi connectivity index (χ1n) is 16.7. The summed E-state index contributed by atoms with van der Waals surface area (Å²) in [5.41, 5.74) is 5.16. The van der Waals surface area contributed by atoms with Gasteiger partial charge in [-0.3, -0.25) is 19.2 Å². The van der Waals surface area contributed by atoms with Gasteiger partial charge in [0.15, 0.2) is 0 Å². The lowest BCUT2D eigenvalue weighted by atomic mass is 9.78. The smallest absolute Gasteiger partial charge is 0.329 e. The van der Waals surface area contributed by atoms with Gasteiger partial charge in [0.05, 0.1) is 0 Å². The molecule has 2 saturated carbocycles. The van der Waals surface area contributed by atoms with Crippen LogP contribution >= 0.6 is 0 Å². The lowest BCUT2D eigenvalue weighted by Crippen LogP contribution is -2.62. The fourth-order valence-corrected chi connectivity index (χ4v) is 7.04. The van der Waals surface area contributed by atoms with E-state index in [1.807, 2.05) is 78.8 Å². The van der Waals surface area contributed by atoms with E-state index in [0.717, 1.165) is 12.0 Å². The van der Waals surface area contributed by atoms with E-state index in [0.29, 0.717) is 25.8 Å². The molecule has 1 unspecified atom stereocenters. The fourth-order valence-electron chi connectivity index (χ4n) is 7.04. The van der Waals surface area contributed by atoms with E-state index < -0.39 is 65.1 Å². The van der Waals surface area contributed by atoms with E-state index in [1.54, 1.807) is 0 Å². The highest BCUT2D eigenvalue weighted by atomic mass is 16.5. The minimum atomic E-state index is -1.10. The molecule has 2 aliphatic carbocycles. The van der Waals surface area contributed by atoms with Crippen LogP contribution in [0.25, 0.3) is 0 Å². The van der Waals surface area contributed by atoms with Crippen molar-refractivity contribution in [2.24, 2.45) is 40.2 Å². The molecule has 0 radical (unpaired) electrons. The van der Waals surface area contributed by atoms with E-state index in [2.05, 4.69) is 16.0 Å². The van der Waals surface area contributed by atoms with Gasteiger partial charge in [-0.1, -0.05) is 85.2 Å². The largest absolute Gasteiger partial charge is 0.459 e. The van der Waals surface area contributed by atoms with Crippen LogP contribution in [0.3, 0.4) is 0 Å². The number of ketones is 1. The second-order valence-corrected chi connectivity index (χ2v) is 15.5. The molecule has 0 bridgehead atoms. The van der Waals surface area contributed by atoms with Gasteiger partial charge in [0.2, 0.25) is 17.6 Å². The van der Waals surface area contributed by atoms with Crippen LogP contribution in [0.15, 0.2) is 30.3 Å². The molecule has 0 spiro atoms. The number of likely N-dealkylation sites (tertiary alicyclic amines) is 1. The summed E-state index contributed by atoms with van der Waals surface area (Å²) in [5, 5.41) is 8.29. The number of piperidine rings is 1. The SMILES string of the molecule is CC(C)C[C@H](NC(=O)N[C@H](C(=O)N1C[C@H]2[C@@H]([C@H]1C(=O)NC(C(=O)C(N)=O)C1CCC1)C2(C)C)C(C)(C)C)C(=O)OCc1ccccc1. The Labute approximate surface area is 277 Å². The Morgan fingerprint density at radius 2 is 1.64 bits per heavy atom. The number of hydrogen-bond donors (Lipinski definition) is 4. The number of ether oxygens (including phenoxy) is 1. The van der Waals surface area contributed by atoms with Crippen molar-refractivity contribution in [2.45, 2.75) is 105 Å².